The van der Waals surface area contributed by atoms with Crippen LogP contribution < -0.4 is 4.90 Å². The molecule has 10 aromatic rings. The summed E-state index contributed by atoms with van der Waals surface area (Å²) in [5.41, 5.74) is 15.2. The quantitative estimate of drug-likeness (QED) is 0.151. The Morgan fingerprint density at radius 1 is 0.246 bits per heavy atom. The van der Waals surface area contributed by atoms with E-state index in [2.05, 4.69) is 241 Å². The first-order valence-electron chi connectivity index (χ1n) is 19.6. The lowest BCUT2D eigenvalue weighted by Crippen LogP contribution is -2.11. The van der Waals surface area contributed by atoms with E-state index in [1.54, 1.807) is 0 Å². The first-order valence-corrected chi connectivity index (χ1v) is 19.6. The van der Waals surface area contributed by atoms with Gasteiger partial charge < -0.3 is 4.90 Å². The highest BCUT2D eigenvalue weighted by Gasteiger charge is 2.23. The molecule has 0 unspecified atom stereocenters. The maximum Gasteiger partial charge on any atom is 0.0540 e. The van der Waals surface area contributed by atoms with Gasteiger partial charge in [-0.1, -0.05) is 206 Å². The van der Waals surface area contributed by atoms with Gasteiger partial charge in [-0.3, -0.25) is 0 Å². The van der Waals surface area contributed by atoms with Crippen molar-refractivity contribution in [3.05, 3.63) is 237 Å². The van der Waals surface area contributed by atoms with Crippen molar-refractivity contribution in [2.75, 3.05) is 4.90 Å². The predicted molar refractivity (Wildman–Crippen MR) is 243 cm³/mol. The molecule has 0 atom stereocenters. The number of hydrogen-bond acceptors (Lipinski definition) is 1. The molecule has 10 aromatic carbocycles. The molecule has 57 heavy (non-hydrogen) atoms. The van der Waals surface area contributed by atoms with Crippen molar-refractivity contribution in [1.29, 1.82) is 0 Å². The third-order valence-corrected chi connectivity index (χ3v) is 11.1. The first-order chi connectivity index (χ1) is 28.3. The molecule has 0 saturated carbocycles. The Morgan fingerprint density at radius 3 is 1.56 bits per heavy atom. The molecule has 0 fully saturated rings. The van der Waals surface area contributed by atoms with E-state index in [1.165, 1.54) is 71.6 Å². The van der Waals surface area contributed by atoms with E-state index in [9.17, 15) is 0 Å². The summed E-state index contributed by atoms with van der Waals surface area (Å²) in [6.45, 7) is 0. The minimum Gasteiger partial charge on any atom is -0.310 e. The van der Waals surface area contributed by atoms with Crippen molar-refractivity contribution >= 4 is 38.6 Å². The number of para-hydroxylation sites is 1. The first kappa shape index (κ1) is 34.0. The van der Waals surface area contributed by atoms with Crippen molar-refractivity contribution in [2.45, 2.75) is 0 Å². The fourth-order valence-corrected chi connectivity index (χ4v) is 8.42. The van der Waals surface area contributed by atoms with E-state index >= 15 is 0 Å². The summed E-state index contributed by atoms with van der Waals surface area (Å²) in [6, 6.07) is 85.8. The van der Waals surface area contributed by atoms with Crippen molar-refractivity contribution < 1.29 is 0 Å². The van der Waals surface area contributed by atoms with Crippen molar-refractivity contribution in [2.24, 2.45) is 0 Å². The molecule has 1 heteroatoms. The molecule has 0 bridgehead atoms. The van der Waals surface area contributed by atoms with Crippen LogP contribution in [0.25, 0.3) is 77.2 Å². The van der Waals surface area contributed by atoms with Gasteiger partial charge in [0.1, 0.15) is 0 Å². The Morgan fingerprint density at radius 2 is 0.754 bits per heavy atom. The fourth-order valence-electron chi connectivity index (χ4n) is 8.42. The van der Waals surface area contributed by atoms with Gasteiger partial charge in [-0.25, -0.2) is 0 Å². The summed E-state index contributed by atoms with van der Waals surface area (Å²) in [4.78, 5) is 2.44. The van der Waals surface area contributed by atoms with Crippen LogP contribution in [0.15, 0.2) is 237 Å². The third-order valence-electron chi connectivity index (χ3n) is 11.1. The van der Waals surface area contributed by atoms with Gasteiger partial charge in [0, 0.05) is 16.9 Å². The van der Waals surface area contributed by atoms with Crippen molar-refractivity contribution in [3.8, 4) is 55.6 Å². The monoisotopic (exact) mass is 725 g/mol. The lowest BCUT2D eigenvalue weighted by molar-refractivity contribution is 1.29. The van der Waals surface area contributed by atoms with Gasteiger partial charge in [0.15, 0.2) is 0 Å². The van der Waals surface area contributed by atoms with E-state index in [-0.39, 0.29) is 0 Å². The van der Waals surface area contributed by atoms with Crippen LogP contribution in [0, 0.1) is 0 Å². The maximum absolute atomic E-state index is 2.44. The van der Waals surface area contributed by atoms with Crippen molar-refractivity contribution in [3.63, 3.8) is 0 Å². The molecule has 0 N–H and O–H groups in total. The van der Waals surface area contributed by atoms with Gasteiger partial charge in [-0.05, 0) is 102 Å². The second-order valence-corrected chi connectivity index (χ2v) is 14.5. The summed E-state index contributed by atoms with van der Waals surface area (Å²) in [5.74, 6) is 0. The Balaban J connectivity index is 1.24. The Labute approximate surface area is 334 Å². The highest BCUT2D eigenvalue weighted by Crippen LogP contribution is 2.49. The molecule has 0 aliphatic carbocycles. The van der Waals surface area contributed by atoms with Crippen LogP contribution in [0.5, 0.6) is 0 Å². The Kier molecular flexibility index (Phi) is 8.95. The van der Waals surface area contributed by atoms with Crippen LogP contribution in [-0.4, -0.2) is 0 Å². The zero-order chi connectivity index (χ0) is 38.0. The maximum atomic E-state index is 2.44. The summed E-state index contributed by atoms with van der Waals surface area (Å²) in [6.07, 6.45) is 0. The molecule has 268 valence electrons. The van der Waals surface area contributed by atoms with Gasteiger partial charge in [0.2, 0.25) is 0 Å². The van der Waals surface area contributed by atoms with Crippen LogP contribution in [0.4, 0.5) is 17.1 Å². The topological polar surface area (TPSA) is 3.24 Å². The third kappa shape index (κ3) is 6.46. The number of nitrogens with zero attached hydrogens (tertiary/aromatic N) is 1. The molecule has 0 aliphatic heterocycles. The molecular weight excluding hydrogens is 687 g/mol. The van der Waals surface area contributed by atoms with E-state index in [1.807, 2.05) is 0 Å². The zero-order valence-corrected chi connectivity index (χ0v) is 31.5. The SMILES string of the molecule is c1ccc(-c2ccccc2-c2c(-c3ccccc3)cccc2-c2ccccc2N(c2cccc(-c3cccc4ccccc34)c2)c2ccc3ccccc3c2)cc1. The number of anilines is 3. The average molecular weight is 726 g/mol. The normalized spacial score (nSPS) is 11.2. The lowest BCUT2D eigenvalue weighted by atomic mass is 9.84. The summed E-state index contributed by atoms with van der Waals surface area (Å²) >= 11 is 0. The minimum absolute atomic E-state index is 1.09. The standard InChI is InChI=1S/C56H39N/c1-3-19-41(20-4-1)49-29-11-12-31-53(49)56-51(43-21-5-2-6-22-43)33-17-34-54(56)52-30-13-14-35-55(52)57(47-37-36-40-18-7-8-24-44(40)38-47)46-27-15-26-45(39-46)50-32-16-25-42-23-9-10-28-48(42)50/h1-39H. The smallest absolute Gasteiger partial charge is 0.0540 e. The van der Waals surface area contributed by atoms with Gasteiger partial charge in [-0.2, -0.15) is 0 Å². The summed E-state index contributed by atoms with van der Waals surface area (Å²) < 4.78 is 0. The molecule has 0 aromatic heterocycles. The van der Waals surface area contributed by atoms with E-state index in [0.717, 1.165) is 22.6 Å². The van der Waals surface area contributed by atoms with Gasteiger partial charge in [0.25, 0.3) is 0 Å². The van der Waals surface area contributed by atoms with E-state index in [0.29, 0.717) is 0 Å². The van der Waals surface area contributed by atoms with E-state index < -0.39 is 0 Å². The van der Waals surface area contributed by atoms with Gasteiger partial charge in [0.05, 0.1) is 5.69 Å². The summed E-state index contributed by atoms with van der Waals surface area (Å²) in [5, 5.41) is 4.90. The number of hydrogen-bond donors (Lipinski definition) is 0. The number of rotatable bonds is 8. The Hall–Kier alpha value is -7.48. The van der Waals surface area contributed by atoms with Gasteiger partial charge in [-0.15, -0.1) is 0 Å². The molecule has 0 aliphatic rings. The molecule has 0 radical (unpaired) electrons. The van der Waals surface area contributed by atoms with Crippen LogP contribution in [-0.2, 0) is 0 Å². The molecule has 0 heterocycles. The minimum atomic E-state index is 1.09. The molecule has 10 rings (SSSR count). The Bertz CT molecular complexity index is 3010. The van der Waals surface area contributed by atoms with Crippen LogP contribution in [0.2, 0.25) is 0 Å². The highest BCUT2D eigenvalue weighted by molar-refractivity contribution is 6.04. The highest BCUT2D eigenvalue weighted by atomic mass is 15.1. The predicted octanol–water partition coefficient (Wildman–Crippen LogP) is 15.8. The van der Waals surface area contributed by atoms with E-state index in [4.69, 9.17) is 0 Å². The second-order valence-electron chi connectivity index (χ2n) is 14.5. The zero-order valence-electron chi connectivity index (χ0n) is 31.5. The molecule has 0 saturated heterocycles. The summed E-state index contributed by atoms with van der Waals surface area (Å²) in [7, 11) is 0. The molecule has 0 spiro atoms. The fraction of sp³-hybridized carbons (Fsp3) is 0. The molecular formula is C56H39N. The van der Waals surface area contributed by atoms with Crippen LogP contribution in [0.3, 0.4) is 0 Å². The van der Waals surface area contributed by atoms with Crippen LogP contribution >= 0.6 is 0 Å². The molecule has 1 nitrogen and oxygen atoms in total. The average Bonchev–Trinajstić information content (AvgIpc) is 3.29. The molecule has 0 amide bonds. The second kappa shape index (κ2) is 15.0. The lowest BCUT2D eigenvalue weighted by Gasteiger charge is -2.29. The van der Waals surface area contributed by atoms with Crippen LogP contribution in [0.1, 0.15) is 0 Å². The number of fused-ring (bicyclic) bond motifs is 2. The largest absolute Gasteiger partial charge is 0.310 e. The van der Waals surface area contributed by atoms with Gasteiger partial charge >= 0.3 is 0 Å². The van der Waals surface area contributed by atoms with Crippen molar-refractivity contribution in [1.82, 2.24) is 0 Å². The number of benzene rings is 10.